The second kappa shape index (κ2) is 5.92. The zero-order chi connectivity index (χ0) is 16.6. The summed E-state index contributed by atoms with van der Waals surface area (Å²) < 4.78 is 30.2. The van der Waals surface area contributed by atoms with Gasteiger partial charge in [0.2, 0.25) is 0 Å². The SMILES string of the molecule is CNc1cc(F)c(Cc2cnc3ccc(Cl)nn23)c(F)c1C=N. The summed E-state index contributed by atoms with van der Waals surface area (Å²) in [7, 11) is 1.54. The first-order chi connectivity index (χ1) is 11.0. The minimum Gasteiger partial charge on any atom is -0.387 e. The lowest BCUT2D eigenvalue weighted by atomic mass is 10.0. The van der Waals surface area contributed by atoms with Crippen molar-refractivity contribution in [2.75, 3.05) is 12.4 Å². The lowest BCUT2D eigenvalue weighted by Gasteiger charge is -2.11. The smallest absolute Gasteiger partial charge is 0.153 e. The number of fused-ring (bicyclic) bond motifs is 1. The fourth-order valence-corrected chi connectivity index (χ4v) is 2.53. The van der Waals surface area contributed by atoms with Crippen LogP contribution in [0.15, 0.2) is 24.4 Å². The first-order valence-corrected chi connectivity index (χ1v) is 7.11. The van der Waals surface area contributed by atoms with Crippen molar-refractivity contribution in [1.29, 1.82) is 5.41 Å². The first-order valence-electron chi connectivity index (χ1n) is 6.73. The topological polar surface area (TPSA) is 66.1 Å². The van der Waals surface area contributed by atoms with Crippen molar-refractivity contribution in [3.63, 3.8) is 0 Å². The molecule has 0 aliphatic heterocycles. The van der Waals surface area contributed by atoms with Crippen molar-refractivity contribution in [2.24, 2.45) is 0 Å². The monoisotopic (exact) mass is 335 g/mol. The highest BCUT2D eigenvalue weighted by Crippen LogP contribution is 2.26. The molecule has 5 nitrogen and oxygen atoms in total. The molecule has 3 rings (SSSR count). The molecule has 0 amide bonds. The number of hydrogen-bond acceptors (Lipinski definition) is 4. The molecule has 0 aliphatic carbocycles. The van der Waals surface area contributed by atoms with E-state index in [1.165, 1.54) is 23.8 Å². The van der Waals surface area contributed by atoms with Gasteiger partial charge in [0.05, 0.1) is 17.5 Å². The highest BCUT2D eigenvalue weighted by Gasteiger charge is 2.19. The maximum atomic E-state index is 14.5. The maximum absolute atomic E-state index is 14.5. The van der Waals surface area contributed by atoms with Gasteiger partial charge in [-0.3, -0.25) is 0 Å². The van der Waals surface area contributed by atoms with E-state index in [1.54, 1.807) is 12.1 Å². The Hall–Kier alpha value is -2.54. The number of benzene rings is 1. The Morgan fingerprint density at radius 3 is 2.87 bits per heavy atom. The number of hydrogen-bond donors (Lipinski definition) is 2. The number of halogens is 3. The van der Waals surface area contributed by atoms with E-state index in [2.05, 4.69) is 15.4 Å². The van der Waals surface area contributed by atoms with Crippen molar-refractivity contribution in [3.8, 4) is 0 Å². The van der Waals surface area contributed by atoms with Gasteiger partial charge in [-0.05, 0) is 18.2 Å². The number of imidazole rings is 1. The van der Waals surface area contributed by atoms with E-state index in [4.69, 9.17) is 17.0 Å². The second-order valence-corrected chi connectivity index (χ2v) is 5.25. The van der Waals surface area contributed by atoms with E-state index in [-0.39, 0.29) is 28.4 Å². The summed E-state index contributed by atoms with van der Waals surface area (Å²) in [6, 6.07) is 4.42. The fourth-order valence-electron chi connectivity index (χ4n) is 2.39. The molecule has 0 unspecified atom stereocenters. The molecule has 3 aromatic rings. The summed E-state index contributed by atoms with van der Waals surface area (Å²) in [6.45, 7) is 0. The Kier molecular flexibility index (Phi) is 3.96. The van der Waals surface area contributed by atoms with Crippen LogP contribution in [0, 0.1) is 17.0 Å². The van der Waals surface area contributed by atoms with Gasteiger partial charge in [-0.1, -0.05) is 11.6 Å². The van der Waals surface area contributed by atoms with Crippen LogP contribution in [-0.4, -0.2) is 27.9 Å². The summed E-state index contributed by atoms with van der Waals surface area (Å²) >= 11 is 5.85. The lowest BCUT2D eigenvalue weighted by molar-refractivity contribution is 0.559. The predicted octanol–water partition coefficient (Wildman–Crippen LogP) is 3.29. The van der Waals surface area contributed by atoms with Crippen molar-refractivity contribution in [1.82, 2.24) is 14.6 Å². The van der Waals surface area contributed by atoms with Crippen LogP contribution in [0.25, 0.3) is 5.65 Å². The molecule has 0 saturated heterocycles. The molecular weight excluding hydrogens is 324 g/mol. The van der Waals surface area contributed by atoms with E-state index in [0.717, 1.165) is 6.21 Å². The number of aromatic nitrogens is 3. The van der Waals surface area contributed by atoms with Gasteiger partial charge in [-0.15, -0.1) is 0 Å². The number of nitrogens with zero attached hydrogens (tertiary/aromatic N) is 3. The quantitative estimate of drug-likeness (QED) is 0.719. The predicted molar refractivity (Wildman–Crippen MR) is 84.6 cm³/mol. The van der Waals surface area contributed by atoms with Crippen molar-refractivity contribution in [2.45, 2.75) is 6.42 Å². The van der Waals surface area contributed by atoms with Gasteiger partial charge in [0.15, 0.2) is 5.65 Å². The van der Waals surface area contributed by atoms with Gasteiger partial charge in [0.1, 0.15) is 16.8 Å². The van der Waals surface area contributed by atoms with E-state index < -0.39 is 11.6 Å². The molecule has 0 radical (unpaired) electrons. The molecule has 0 atom stereocenters. The van der Waals surface area contributed by atoms with Gasteiger partial charge in [-0.2, -0.15) is 5.10 Å². The Morgan fingerprint density at radius 1 is 1.39 bits per heavy atom. The van der Waals surface area contributed by atoms with Crippen LogP contribution in [0.3, 0.4) is 0 Å². The van der Waals surface area contributed by atoms with Gasteiger partial charge in [0, 0.05) is 30.9 Å². The minimum atomic E-state index is -0.777. The van der Waals surface area contributed by atoms with Crippen LogP contribution in [0.5, 0.6) is 0 Å². The van der Waals surface area contributed by atoms with Gasteiger partial charge in [-0.25, -0.2) is 18.3 Å². The lowest BCUT2D eigenvalue weighted by Crippen LogP contribution is -2.07. The van der Waals surface area contributed by atoms with Crippen LogP contribution in [0.2, 0.25) is 5.15 Å². The summed E-state index contributed by atoms with van der Waals surface area (Å²) in [5, 5.41) is 14.3. The van der Waals surface area contributed by atoms with Crippen LogP contribution in [0.4, 0.5) is 14.5 Å². The normalized spacial score (nSPS) is 11.0. The van der Waals surface area contributed by atoms with E-state index >= 15 is 0 Å². The third-order valence-electron chi connectivity index (χ3n) is 3.52. The Morgan fingerprint density at radius 2 is 2.17 bits per heavy atom. The summed E-state index contributed by atoms with van der Waals surface area (Å²) in [6.07, 6.45) is 2.29. The molecule has 2 heterocycles. The average Bonchev–Trinajstić information content (AvgIpc) is 2.93. The minimum absolute atomic E-state index is 0.00344. The molecule has 23 heavy (non-hydrogen) atoms. The number of nitrogens with one attached hydrogen (secondary N) is 2. The molecule has 1 aromatic carbocycles. The van der Waals surface area contributed by atoms with Crippen LogP contribution in [0.1, 0.15) is 16.8 Å². The van der Waals surface area contributed by atoms with Crippen LogP contribution < -0.4 is 5.32 Å². The van der Waals surface area contributed by atoms with E-state index in [1.807, 2.05) is 0 Å². The molecule has 0 bridgehead atoms. The zero-order valence-corrected chi connectivity index (χ0v) is 12.8. The van der Waals surface area contributed by atoms with Gasteiger partial charge < -0.3 is 10.7 Å². The first kappa shape index (κ1) is 15.4. The summed E-state index contributed by atoms with van der Waals surface area (Å²) in [5.74, 6) is -1.48. The Bertz CT molecular complexity index is 907. The Balaban J connectivity index is 2.12. The highest BCUT2D eigenvalue weighted by molar-refractivity contribution is 6.29. The maximum Gasteiger partial charge on any atom is 0.153 e. The molecule has 8 heteroatoms. The third-order valence-corrected chi connectivity index (χ3v) is 3.72. The standard InChI is InChI=1S/C15H12ClF2N5/c1-20-12-5-11(17)9(15(18)10(12)6-19)4-8-7-21-14-3-2-13(16)22-23(8)14/h2-3,5-7,19-20H,4H2,1H3. The second-order valence-electron chi connectivity index (χ2n) is 4.86. The van der Waals surface area contributed by atoms with Crippen molar-refractivity contribution in [3.05, 3.63) is 58.0 Å². The van der Waals surface area contributed by atoms with Crippen molar-refractivity contribution >= 4 is 29.2 Å². The van der Waals surface area contributed by atoms with E-state index in [9.17, 15) is 8.78 Å². The molecule has 2 aromatic heterocycles. The number of rotatable bonds is 4. The van der Waals surface area contributed by atoms with Crippen molar-refractivity contribution < 1.29 is 8.78 Å². The molecule has 0 aliphatic rings. The fraction of sp³-hybridized carbons (Fsp3) is 0.133. The third kappa shape index (κ3) is 2.63. The molecule has 0 fully saturated rings. The number of anilines is 1. The molecular formula is C15H12ClF2N5. The van der Waals surface area contributed by atoms with Gasteiger partial charge in [0.25, 0.3) is 0 Å². The molecule has 118 valence electrons. The van der Waals surface area contributed by atoms with E-state index in [0.29, 0.717) is 11.3 Å². The van der Waals surface area contributed by atoms with Crippen LogP contribution in [-0.2, 0) is 6.42 Å². The van der Waals surface area contributed by atoms with Crippen LogP contribution >= 0.6 is 11.6 Å². The average molecular weight is 336 g/mol. The molecule has 0 saturated carbocycles. The summed E-state index contributed by atoms with van der Waals surface area (Å²) in [5.41, 5.74) is 1.10. The largest absolute Gasteiger partial charge is 0.387 e. The Labute approximate surface area is 135 Å². The highest BCUT2D eigenvalue weighted by atomic mass is 35.5. The zero-order valence-electron chi connectivity index (χ0n) is 12.1. The molecule has 2 N–H and O–H groups in total. The summed E-state index contributed by atoms with van der Waals surface area (Å²) in [4.78, 5) is 4.13. The van der Waals surface area contributed by atoms with Gasteiger partial charge >= 0.3 is 0 Å². The molecule has 0 spiro atoms.